The number of piperidine rings is 1. The van der Waals surface area contributed by atoms with E-state index >= 15 is 0 Å². The number of rotatable bonds is 3. The van der Waals surface area contributed by atoms with Crippen LogP contribution in [0.25, 0.3) is 5.65 Å². The summed E-state index contributed by atoms with van der Waals surface area (Å²) >= 11 is 0. The summed E-state index contributed by atoms with van der Waals surface area (Å²) in [5, 5.41) is 6.05. The first-order chi connectivity index (χ1) is 12.7. The number of amides is 3. The van der Waals surface area contributed by atoms with E-state index in [1.165, 1.54) is 0 Å². The molecule has 0 atom stereocenters. The highest BCUT2D eigenvalue weighted by atomic mass is 16.2. The summed E-state index contributed by atoms with van der Waals surface area (Å²) in [5.74, 6) is 0.284. The molecule has 0 aliphatic carbocycles. The van der Waals surface area contributed by atoms with Gasteiger partial charge in [0, 0.05) is 31.4 Å². The number of fused-ring (bicyclic) bond motifs is 1. The lowest BCUT2D eigenvalue weighted by Gasteiger charge is -2.34. The van der Waals surface area contributed by atoms with Gasteiger partial charge >= 0.3 is 6.03 Å². The smallest absolute Gasteiger partial charge is 0.317 e. The number of imidazole rings is 1. The molecule has 3 rings (SSSR count). The van der Waals surface area contributed by atoms with Gasteiger partial charge in [-0.15, -0.1) is 0 Å². The SMILES string of the molecule is Cc1nc2ccccn2c1C(=O)NCC1CCN(C(=O)NC(C)(C)C)CC1. The number of aryl methyl sites for hydroxylation is 1. The highest BCUT2D eigenvalue weighted by Gasteiger charge is 2.26. The molecule has 7 heteroatoms. The number of nitrogens with one attached hydrogen (secondary N) is 2. The van der Waals surface area contributed by atoms with Gasteiger partial charge in [-0.05, 0) is 58.6 Å². The van der Waals surface area contributed by atoms with Crippen molar-refractivity contribution in [2.24, 2.45) is 5.92 Å². The van der Waals surface area contributed by atoms with Crippen LogP contribution >= 0.6 is 0 Å². The van der Waals surface area contributed by atoms with E-state index in [9.17, 15) is 9.59 Å². The predicted molar refractivity (Wildman–Crippen MR) is 105 cm³/mol. The Balaban J connectivity index is 1.52. The van der Waals surface area contributed by atoms with Crippen LogP contribution in [0.4, 0.5) is 4.79 Å². The molecule has 1 aliphatic rings. The lowest BCUT2D eigenvalue weighted by atomic mass is 9.97. The van der Waals surface area contributed by atoms with E-state index in [0.717, 1.165) is 37.3 Å². The molecule has 0 radical (unpaired) electrons. The van der Waals surface area contributed by atoms with E-state index in [-0.39, 0.29) is 17.5 Å². The Morgan fingerprint density at radius 2 is 1.93 bits per heavy atom. The van der Waals surface area contributed by atoms with Crippen molar-refractivity contribution in [3.63, 3.8) is 0 Å². The molecule has 0 spiro atoms. The third-order valence-electron chi connectivity index (χ3n) is 4.85. The molecule has 7 nitrogen and oxygen atoms in total. The molecular formula is C20H29N5O2. The number of carbonyl (C=O) groups is 2. The highest BCUT2D eigenvalue weighted by molar-refractivity contribution is 5.94. The minimum Gasteiger partial charge on any atom is -0.350 e. The van der Waals surface area contributed by atoms with Gasteiger partial charge in [0.05, 0.1) is 5.69 Å². The van der Waals surface area contributed by atoms with E-state index in [1.54, 1.807) is 0 Å². The van der Waals surface area contributed by atoms with Crippen molar-refractivity contribution in [3.8, 4) is 0 Å². The number of nitrogens with zero attached hydrogens (tertiary/aromatic N) is 3. The van der Waals surface area contributed by atoms with Crippen molar-refractivity contribution >= 4 is 17.6 Å². The average molecular weight is 371 g/mol. The van der Waals surface area contributed by atoms with Crippen LogP contribution in [0.5, 0.6) is 0 Å². The zero-order valence-electron chi connectivity index (χ0n) is 16.6. The van der Waals surface area contributed by atoms with Gasteiger partial charge in [0.25, 0.3) is 5.91 Å². The van der Waals surface area contributed by atoms with Gasteiger partial charge in [-0.25, -0.2) is 9.78 Å². The van der Waals surface area contributed by atoms with E-state index in [4.69, 9.17) is 0 Å². The van der Waals surface area contributed by atoms with Gasteiger partial charge in [-0.3, -0.25) is 9.20 Å². The summed E-state index contributed by atoms with van der Waals surface area (Å²) in [4.78, 5) is 31.2. The molecule has 146 valence electrons. The van der Waals surface area contributed by atoms with E-state index in [1.807, 2.05) is 61.4 Å². The summed E-state index contributed by atoms with van der Waals surface area (Å²) in [5.41, 5.74) is 1.87. The lowest BCUT2D eigenvalue weighted by molar-refractivity contribution is 0.0930. The average Bonchev–Trinajstić information content (AvgIpc) is 2.94. The van der Waals surface area contributed by atoms with Crippen molar-refractivity contribution < 1.29 is 9.59 Å². The molecule has 0 unspecified atom stereocenters. The Kier molecular flexibility index (Phi) is 5.39. The second kappa shape index (κ2) is 7.58. The first-order valence-electron chi connectivity index (χ1n) is 9.53. The Hall–Kier alpha value is -2.57. The predicted octanol–water partition coefficient (Wildman–Crippen LogP) is 2.59. The molecule has 1 fully saturated rings. The number of pyridine rings is 1. The van der Waals surface area contributed by atoms with Gasteiger partial charge in [-0.2, -0.15) is 0 Å². The number of hydrogen-bond acceptors (Lipinski definition) is 3. The van der Waals surface area contributed by atoms with Crippen LogP contribution < -0.4 is 10.6 Å². The molecule has 27 heavy (non-hydrogen) atoms. The number of carbonyl (C=O) groups excluding carboxylic acids is 2. The van der Waals surface area contributed by atoms with Gasteiger partial charge in [0.15, 0.2) is 0 Å². The van der Waals surface area contributed by atoms with E-state index < -0.39 is 0 Å². The number of urea groups is 1. The molecule has 1 saturated heterocycles. The van der Waals surface area contributed by atoms with Crippen molar-refractivity contribution in [2.75, 3.05) is 19.6 Å². The maximum atomic E-state index is 12.7. The van der Waals surface area contributed by atoms with Crippen molar-refractivity contribution in [3.05, 3.63) is 35.8 Å². The van der Waals surface area contributed by atoms with Gasteiger partial charge in [-0.1, -0.05) is 6.07 Å². The minimum atomic E-state index is -0.228. The lowest BCUT2D eigenvalue weighted by Crippen LogP contribution is -2.51. The molecule has 3 heterocycles. The van der Waals surface area contributed by atoms with Crippen LogP contribution in [0.1, 0.15) is 49.8 Å². The standard InChI is InChI=1S/C20H29N5O2/c1-14-17(25-10-6-5-7-16(25)22-14)18(26)21-13-15-8-11-24(12-9-15)19(27)23-20(2,3)4/h5-7,10,15H,8-9,11-13H2,1-4H3,(H,21,26)(H,23,27). The quantitative estimate of drug-likeness (QED) is 0.870. The Morgan fingerprint density at radius 1 is 1.22 bits per heavy atom. The second-order valence-electron chi connectivity index (χ2n) is 8.30. The third-order valence-corrected chi connectivity index (χ3v) is 4.85. The van der Waals surface area contributed by atoms with Gasteiger partial charge < -0.3 is 15.5 Å². The van der Waals surface area contributed by atoms with E-state index in [0.29, 0.717) is 18.2 Å². The van der Waals surface area contributed by atoms with Crippen molar-refractivity contribution in [1.82, 2.24) is 24.9 Å². The highest BCUT2D eigenvalue weighted by Crippen LogP contribution is 2.18. The van der Waals surface area contributed by atoms with Crippen LogP contribution in [0, 0.1) is 12.8 Å². The number of likely N-dealkylation sites (tertiary alicyclic amines) is 1. The molecule has 1 aliphatic heterocycles. The molecule has 2 N–H and O–H groups in total. The zero-order chi connectivity index (χ0) is 19.6. The molecule has 2 aromatic rings. The van der Waals surface area contributed by atoms with Crippen molar-refractivity contribution in [2.45, 2.75) is 46.1 Å². The Labute approximate surface area is 160 Å². The summed E-state index contributed by atoms with van der Waals surface area (Å²) in [6.45, 7) is 9.86. The number of aromatic nitrogens is 2. The third kappa shape index (κ3) is 4.59. The topological polar surface area (TPSA) is 78.7 Å². The Bertz CT molecular complexity index is 828. The van der Waals surface area contributed by atoms with Crippen LogP contribution in [0.3, 0.4) is 0 Å². The van der Waals surface area contributed by atoms with Crippen LogP contribution in [0.15, 0.2) is 24.4 Å². The maximum Gasteiger partial charge on any atom is 0.317 e. The Morgan fingerprint density at radius 3 is 2.59 bits per heavy atom. The fourth-order valence-corrected chi connectivity index (χ4v) is 3.45. The van der Waals surface area contributed by atoms with Crippen LogP contribution in [-0.4, -0.2) is 51.4 Å². The summed E-state index contributed by atoms with van der Waals surface area (Å²) < 4.78 is 1.82. The van der Waals surface area contributed by atoms with Crippen molar-refractivity contribution in [1.29, 1.82) is 0 Å². The fourth-order valence-electron chi connectivity index (χ4n) is 3.45. The molecule has 0 aromatic carbocycles. The fraction of sp³-hybridized carbons (Fsp3) is 0.550. The van der Waals surface area contributed by atoms with Crippen LogP contribution in [0.2, 0.25) is 0 Å². The molecule has 0 bridgehead atoms. The number of hydrogen-bond donors (Lipinski definition) is 2. The normalized spacial score (nSPS) is 15.8. The minimum absolute atomic E-state index is 0.00802. The summed E-state index contributed by atoms with van der Waals surface area (Å²) in [6.07, 6.45) is 3.64. The summed E-state index contributed by atoms with van der Waals surface area (Å²) in [7, 11) is 0. The first-order valence-corrected chi connectivity index (χ1v) is 9.53. The first kappa shape index (κ1) is 19.2. The van der Waals surface area contributed by atoms with Gasteiger partial charge in [0.1, 0.15) is 11.3 Å². The van der Waals surface area contributed by atoms with Crippen LogP contribution in [-0.2, 0) is 0 Å². The summed E-state index contributed by atoms with van der Waals surface area (Å²) in [6, 6.07) is 5.68. The zero-order valence-corrected chi connectivity index (χ0v) is 16.6. The molecule has 3 amide bonds. The molecule has 0 saturated carbocycles. The van der Waals surface area contributed by atoms with E-state index in [2.05, 4.69) is 15.6 Å². The monoisotopic (exact) mass is 371 g/mol. The molecule has 2 aromatic heterocycles. The van der Waals surface area contributed by atoms with Gasteiger partial charge in [0.2, 0.25) is 0 Å². The molecular weight excluding hydrogens is 342 g/mol. The second-order valence-corrected chi connectivity index (χ2v) is 8.30. The maximum absolute atomic E-state index is 12.7. The largest absolute Gasteiger partial charge is 0.350 e.